The molecule has 1 aromatic heterocycles. The largest absolute Gasteiger partial charge is 0.465 e. The van der Waals surface area contributed by atoms with Crippen LogP contribution in [0.2, 0.25) is 0 Å². The Labute approximate surface area is 222 Å². The molecule has 10 heteroatoms. The van der Waals surface area contributed by atoms with E-state index in [9.17, 15) is 18.0 Å². The second kappa shape index (κ2) is 9.13. The summed E-state index contributed by atoms with van der Waals surface area (Å²) in [5, 5.41) is 10.0. The highest BCUT2D eigenvalue weighted by molar-refractivity contribution is 7.89. The summed E-state index contributed by atoms with van der Waals surface area (Å²) in [7, 11) is -1.76. The third kappa shape index (κ3) is 4.35. The second-order valence-corrected chi connectivity index (χ2v) is 12.9. The zero-order chi connectivity index (χ0) is 26.7. The van der Waals surface area contributed by atoms with E-state index in [-0.39, 0.29) is 28.2 Å². The summed E-state index contributed by atoms with van der Waals surface area (Å²) in [5.74, 6) is 0.0222. The van der Waals surface area contributed by atoms with E-state index in [2.05, 4.69) is 10.8 Å². The normalized spacial score (nSPS) is 22.8. The van der Waals surface area contributed by atoms with Gasteiger partial charge in [0.05, 0.1) is 4.90 Å². The van der Waals surface area contributed by atoms with Crippen molar-refractivity contribution in [1.29, 1.82) is 0 Å². The van der Waals surface area contributed by atoms with E-state index < -0.39 is 16.1 Å². The van der Waals surface area contributed by atoms with Crippen molar-refractivity contribution in [1.82, 2.24) is 19.1 Å². The Morgan fingerprint density at radius 3 is 2.24 bits per heavy atom. The van der Waals surface area contributed by atoms with Gasteiger partial charge in [-0.15, -0.1) is 0 Å². The highest BCUT2D eigenvalue weighted by Gasteiger charge is 2.55. The molecule has 200 valence electrons. The van der Waals surface area contributed by atoms with Crippen molar-refractivity contribution in [3.05, 3.63) is 54.6 Å². The Hall–Kier alpha value is -3.37. The third-order valence-electron chi connectivity index (χ3n) is 8.48. The minimum atomic E-state index is -3.71. The summed E-state index contributed by atoms with van der Waals surface area (Å²) in [4.78, 5) is 27.4. The molecule has 3 heterocycles. The molecule has 0 unspecified atom stereocenters. The number of sulfonamides is 1. The minimum absolute atomic E-state index is 0.0534. The highest BCUT2D eigenvalue weighted by atomic mass is 32.2. The Bertz CT molecular complexity index is 1490. The lowest BCUT2D eigenvalue weighted by atomic mass is 9.72. The number of hydrogen-bond donors (Lipinski definition) is 2. The maximum Gasteiger partial charge on any atom is 0.407 e. The number of nitrogens with zero attached hydrogens (tertiary/aromatic N) is 3. The number of carbonyl (C=O) groups is 2. The van der Waals surface area contributed by atoms with Crippen LogP contribution in [-0.4, -0.2) is 72.1 Å². The number of hydrogen-bond acceptors (Lipinski definition) is 4. The molecule has 1 spiro atoms. The topological polar surface area (TPSA) is 112 Å². The van der Waals surface area contributed by atoms with E-state index in [1.165, 1.54) is 4.90 Å². The van der Waals surface area contributed by atoms with Gasteiger partial charge in [-0.25, -0.2) is 17.9 Å². The molecule has 6 rings (SSSR count). The zero-order valence-corrected chi connectivity index (χ0v) is 22.2. The van der Waals surface area contributed by atoms with E-state index in [4.69, 9.17) is 5.11 Å². The molecule has 1 aliphatic carbocycles. The van der Waals surface area contributed by atoms with E-state index >= 15 is 0 Å². The molecule has 2 saturated heterocycles. The van der Waals surface area contributed by atoms with E-state index in [0.717, 1.165) is 22.2 Å². The number of benzene rings is 2. The summed E-state index contributed by atoms with van der Waals surface area (Å²) in [6, 6.07) is 17.1. The second-order valence-electron chi connectivity index (χ2n) is 11.2. The van der Waals surface area contributed by atoms with Gasteiger partial charge in [-0.05, 0) is 49.4 Å². The van der Waals surface area contributed by atoms with E-state index in [1.807, 2.05) is 52.9 Å². The lowest BCUT2D eigenvalue weighted by Crippen LogP contribution is -2.74. The molecule has 2 amide bonds. The van der Waals surface area contributed by atoms with Crippen molar-refractivity contribution in [2.24, 2.45) is 18.4 Å². The van der Waals surface area contributed by atoms with Gasteiger partial charge in [0.15, 0.2) is 0 Å². The molecular weight excluding hydrogens is 504 g/mol. The first-order chi connectivity index (χ1) is 18.1. The first-order valence-electron chi connectivity index (χ1n) is 13.1. The molecular formula is C28H32N4O5S. The molecule has 3 fully saturated rings. The lowest BCUT2D eigenvalue weighted by Gasteiger charge is -2.59. The van der Waals surface area contributed by atoms with Crippen LogP contribution >= 0.6 is 0 Å². The SMILES string of the molecule is Cn1c(-c2ccccc2)cc2ccc(S(=O)(=O)N[C@H]3CC[C@H](C(=O)N4CC5(CN(C(=O)O)C5)C4)CC3)cc21. The molecule has 2 aliphatic heterocycles. The van der Waals surface area contributed by atoms with Gasteiger partial charge in [0.2, 0.25) is 15.9 Å². The number of amides is 2. The predicted octanol–water partition coefficient (Wildman–Crippen LogP) is 3.50. The zero-order valence-electron chi connectivity index (χ0n) is 21.3. The standard InChI is InChI=1S/C28H32N4O5S/c1-30-24(19-5-3-2-4-6-19)13-21-9-12-23(14-25(21)30)38(36,37)29-22-10-7-20(8-11-22)26(33)31-15-28(16-31)17-32(18-28)27(34)35/h2-6,9,12-14,20,22,29H,7-8,10-11,15-18H2,1H3,(H,34,35)/t20-,22-. The summed E-state index contributed by atoms with van der Waals surface area (Å²) >= 11 is 0. The molecule has 3 aliphatic rings. The van der Waals surface area contributed by atoms with Gasteiger partial charge in [-0.3, -0.25) is 4.79 Å². The van der Waals surface area contributed by atoms with Crippen LogP contribution in [-0.2, 0) is 21.9 Å². The van der Waals surface area contributed by atoms with Crippen LogP contribution in [0.3, 0.4) is 0 Å². The highest BCUT2D eigenvalue weighted by Crippen LogP contribution is 2.41. The van der Waals surface area contributed by atoms with Crippen molar-refractivity contribution in [2.75, 3.05) is 26.2 Å². The number of rotatable bonds is 5. The monoisotopic (exact) mass is 536 g/mol. The molecule has 1 saturated carbocycles. The smallest absolute Gasteiger partial charge is 0.407 e. The number of nitrogens with one attached hydrogen (secondary N) is 1. The van der Waals surface area contributed by atoms with Crippen LogP contribution in [0, 0.1) is 11.3 Å². The van der Waals surface area contributed by atoms with E-state index in [1.54, 1.807) is 12.1 Å². The van der Waals surface area contributed by atoms with Crippen molar-refractivity contribution in [3.63, 3.8) is 0 Å². The number of aryl methyl sites for hydroxylation is 1. The number of likely N-dealkylation sites (tertiary alicyclic amines) is 2. The Balaban J connectivity index is 1.06. The van der Waals surface area contributed by atoms with Gasteiger partial charge in [0, 0.05) is 67.2 Å². The van der Waals surface area contributed by atoms with Gasteiger partial charge in [-0.1, -0.05) is 36.4 Å². The number of fused-ring (bicyclic) bond motifs is 1. The first-order valence-corrected chi connectivity index (χ1v) is 14.6. The van der Waals surface area contributed by atoms with Crippen LogP contribution < -0.4 is 4.72 Å². The fourth-order valence-electron chi connectivity index (χ4n) is 6.38. The van der Waals surface area contributed by atoms with Crippen molar-refractivity contribution >= 4 is 32.9 Å². The van der Waals surface area contributed by atoms with Crippen LogP contribution in [0.5, 0.6) is 0 Å². The van der Waals surface area contributed by atoms with Gasteiger partial charge in [0.1, 0.15) is 0 Å². The molecule has 0 atom stereocenters. The Kier molecular flexibility index (Phi) is 5.99. The average molecular weight is 537 g/mol. The fraction of sp³-hybridized carbons (Fsp3) is 0.429. The third-order valence-corrected chi connectivity index (χ3v) is 10.0. The van der Waals surface area contributed by atoms with Gasteiger partial charge in [0.25, 0.3) is 0 Å². The van der Waals surface area contributed by atoms with Crippen LogP contribution in [0.15, 0.2) is 59.5 Å². The van der Waals surface area contributed by atoms with Gasteiger partial charge in [-0.2, -0.15) is 0 Å². The Morgan fingerprint density at radius 1 is 0.921 bits per heavy atom. The molecule has 3 aromatic rings. The summed E-state index contributed by atoms with van der Waals surface area (Å²) < 4.78 is 31.4. The molecule has 9 nitrogen and oxygen atoms in total. The summed E-state index contributed by atoms with van der Waals surface area (Å²) in [6.07, 6.45) is 1.63. The fourth-order valence-corrected chi connectivity index (χ4v) is 7.71. The molecule has 2 N–H and O–H groups in total. The molecule has 2 aromatic carbocycles. The van der Waals surface area contributed by atoms with Crippen molar-refractivity contribution in [2.45, 2.75) is 36.6 Å². The first kappa shape index (κ1) is 24.9. The lowest BCUT2D eigenvalue weighted by molar-refractivity contribution is -0.160. The van der Waals surface area contributed by atoms with Crippen molar-refractivity contribution < 1.29 is 23.1 Å². The van der Waals surface area contributed by atoms with Gasteiger partial charge < -0.3 is 19.5 Å². The minimum Gasteiger partial charge on any atom is -0.465 e. The maximum absolute atomic E-state index is 13.3. The van der Waals surface area contributed by atoms with Gasteiger partial charge >= 0.3 is 6.09 Å². The number of carboxylic acid groups (broad SMARTS) is 1. The summed E-state index contributed by atoms with van der Waals surface area (Å²) in [6.45, 7) is 2.25. The van der Waals surface area contributed by atoms with Crippen LogP contribution in [0.4, 0.5) is 4.79 Å². The number of aromatic nitrogens is 1. The van der Waals surface area contributed by atoms with Crippen LogP contribution in [0.1, 0.15) is 25.7 Å². The molecule has 38 heavy (non-hydrogen) atoms. The quantitative estimate of drug-likeness (QED) is 0.518. The average Bonchev–Trinajstić information content (AvgIpc) is 3.18. The molecule has 0 bridgehead atoms. The predicted molar refractivity (Wildman–Crippen MR) is 143 cm³/mol. The van der Waals surface area contributed by atoms with Crippen LogP contribution in [0.25, 0.3) is 22.2 Å². The maximum atomic E-state index is 13.3. The summed E-state index contributed by atoms with van der Waals surface area (Å²) in [5.41, 5.74) is 2.90. The number of carbonyl (C=O) groups excluding carboxylic acids is 1. The Morgan fingerprint density at radius 2 is 1.58 bits per heavy atom. The van der Waals surface area contributed by atoms with Crippen molar-refractivity contribution in [3.8, 4) is 11.3 Å². The van der Waals surface area contributed by atoms with E-state index in [0.29, 0.717) is 51.9 Å². The molecule has 0 radical (unpaired) electrons.